The van der Waals surface area contributed by atoms with E-state index in [-0.39, 0.29) is 30.7 Å². The van der Waals surface area contributed by atoms with Crippen LogP contribution in [0.1, 0.15) is 39.1 Å². The highest BCUT2D eigenvalue weighted by molar-refractivity contribution is 6.21. The first-order valence-electron chi connectivity index (χ1n) is 11.3. The second kappa shape index (κ2) is 9.96. The number of carbonyl (C=O) groups is 3. The lowest BCUT2D eigenvalue weighted by Crippen LogP contribution is -2.47. The van der Waals surface area contributed by atoms with Crippen molar-refractivity contribution < 1.29 is 14.4 Å². The number of fused-ring (bicyclic) bond motifs is 1. The molecule has 7 heteroatoms. The summed E-state index contributed by atoms with van der Waals surface area (Å²) in [4.78, 5) is 42.9. The second-order valence-electron chi connectivity index (χ2n) is 8.43. The molecular weight excluding hydrogens is 404 g/mol. The van der Waals surface area contributed by atoms with Crippen LogP contribution in [-0.4, -0.2) is 73.3 Å². The van der Waals surface area contributed by atoms with Crippen molar-refractivity contribution >= 4 is 23.4 Å². The van der Waals surface area contributed by atoms with Crippen LogP contribution >= 0.6 is 0 Å². The van der Waals surface area contributed by atoms with Gasteiger partial charge >= 0.3 is 0 Å². The first-order valence-corrected chi connectivity index (χ1v) is 11.3. The molecular formula is C25H30N4O3. The Kier molecular flexibility index (Phi) is 6.85. The summed E-state index contributed by atoms with van der Waals surface area (Å²) in [5, 5.41) is 2.91. The van der Waals surface area contributed by atoms with Gasteiger partial charge in [-0.05, 0) is 49.7 Å². The molecule has 0 unspecified atom stereocenters. The predicted molar refractivity (Wildman–Crippen MR) is 124 cm³/mol. The summed E-state index contributed by atoms with van der Waals surface area (Å²) in [6.07, 6.45) is 1.00. The van der Waals surface area contributed by atoms with Crippen LogP contribution < -0.4 is 10.2 Å². The SMILES string of the molecule is Cc1cccc(N2CCN(CCCNC(=O)CCN3C(=O)c4ccccc4C3=O)CC2)c1. The number of rotatable bonds is 8. The van der Waals surface area contributed by atoms with Gasteiger partial charge in [0.2, 0.25) is 5.91 Å². The number of amides is 3. The summed E-state index contributed by atoms with van der Waals surface area (Å²) >= 11 is 0. The van der Waals surface area contributed by atoms with Crippen molar-refractivity contribution in [1.29, 1.82) is 0 Å². The molecule has 4 rings (SSSR count). The minimum Gasteiger partial charge on any atom is -0.369 e. The topological polar surface area (TPSA) is 73.0 Å². The molecule has 0 aromatic heterocycles. The van der Waals surface area contributed by atoms with Crippen LogP contribution in [0.5, 0.6) is 0 Å². The van der Waals surface area contributed by atoms with Gasteiger partial charge in [-0.15, -0.1) is 0 Å². The Bertz CT molecular complexity index is 963. The fourth-order valence-corrected chi connectivity index (χ4v) is 4.33. The van der Waals surface area contributed by atoms with Crippen molar-refractivity contribution in [2.24, 2.45) is 0 Å². The van der Waals surface area contributed by atoms with Crippen LogP contribution in [0.4, 0.5) is 5.69 Å². The van der Waals surface area contributed by atoms with Crippen molar-refractivity contribution in [1.82, 2.24) is 15.1 Å². The number of benzene rings is 2. The van der Waals surface area contributed by atoms with Gasteiger partial charge in [-0.25, -0.2) is 0 Å². The van der Waals surface area contributed by atoms with Gasteiger partial charge in [0.05, 0.1) is 11.1 Å². The van der Waals surface area contributed by atoms with Gasteiger partial charge in [0.1, 0.15) is 0 Å². The number of carbonyl (C=O) groups excluding carboxylic acids is 3. The van der Waals surface area contributed by atoms with Crippen LogP contribution in [0, 0.1) is 6.92 Å². The molecule has 1 N–H and O–H groups in total. The van der Waals surface area contributed by atoms with E-state index in [9.17, 15) is 14.4 Å². The molecule has 168 valence electrons. The normalized spacial score (nSPS) is 16.4. The lowest BCUT2D eigenvalue weighted by Gasteiger charge is -2.36. The Balaban J connectivity index is 1.12. The fraction of sp³-hybridized carbons (Fsp3) is 0.400. The molecule has 2 heterocycles. The molecule has 1 saturated heterocycles. The van der Waals surface area contributed by atoms with E-state index in [1.165, 1.54) is 11.3 Å². The molecule has 0 aliphatic carbocycles. The predicted octanol–water partition coefficient (Wildman–Crippen LogP) is 2.31. The highest BCUT2D eigenvalue weighted by atomic mass is 16.2. The molecule has 0 spiro atoms. The maximum Gasteiger partial charge on any atom is 0.261 e. The van der Waals surface area contributed by atoms with Gasteiger partial charge in [0, 0.05) is 51.4 Å². The first-order chi connectivity index (χ1) is 15.5. The van der Waals surface area contributed by atoms with E-state index in [0.717, 1.165) is 44.0 Å². The molecule has 0 bridgehead atoms. The number of piperazine rings is 1. The van der Waals surface area contributed by atoms with E-state index >= 15 is 0 Å². The molecule has 2 aliphatic rings. The zero-order valence-electron chi connectivity index (χ0n) is 18.5. The third-order valence-corrected chi connectivity index (χ3v) is 6.15. The zero-order valence-corrected chi connectivity index (χ0v) is 18.5. The second-order valence-corrected chi connectivity index (χ2v) is 8.43. The summed E-state index contributed by atoms with van der Waals surface area (Å²) in [5.74, 6) is -0.766. The average Bonchev–Trinajstić information content (AvgIpc) is 3.05. The molecule has 1 fully saturated rings. The van der Waals surface area contributed by atoms with Crippen molar-refractivity contribution in [2.45, 2.75) is 19.8 Å². The van der Waals surface area contributed by atoms with E-state index in [1.54, 1.807) is 24.3 Å². The Morgan fingerprint density at radius 2 is 1.59 bits per heavy atom. The standard InChI is InChI=1S/C25H30N4O3/c1-19-6-4-7-20(18-19)28-16-14-27(15-17-28)12-5-11-26-23(30)10-13-29-24(31)21-8-2-3-9-22(21)25(29)32/h2-4,6-9,18H,5,10-17H2,1H3,(H,26,30). The highest BCUT2D eigenvalue weighted by Gasteiger charge is 2.34. The largest absolute Gasteiger partial charge is 0.369 e. The van der Waals surface area contributed by atoms with E-state index < -0.39 is 0 Å². The van der Waals surface area contributed by atoms with E-state index in [4.69, 9.17) is 0 Å². The van der Waals surface area contributed by atoms with E-state index in [2.05, 4.69) is 46.3 Å². The van der Waals surface area contributed by atoms with Crippen molar-refractivity contribution in [3.63, 3.8) is 0 Å². The van der Waals surface area contributed by atoms with E-state index in [1.807, 2.05) is 0 Å². The number of anilines is 1. The summed E-state index contributed by atoms with van der Waals surface area (Å²) in [5.41, 5.74) is 3.40. The van der Waals surface area contributed by atoms with E-state index in [0.29, 0.717) is 17.7 Å². The maximum absolute atomic E-state index is 12.3. The number of hydrogen-bond donors (Lipinski definition) is 1. The smallest absolute Gasteiger partial charge is 0.261 e. The molecule has 0 radical (unpaired) electrons. The van der Waals surface area contributed by atoms with Gasteiger partial charge < -0.3 is 10.2 Å². The average molecular weight is 435 g/mol. The van der Waals surface area contributed by atoms with Crippen molar-refractivity contribution in [3.8, 4) is 0 Å². The third kappa shape index (κ3) is 4.99. The van der Waals surface area contributed by atoms with Crippen molar-refractivity contribution in [3.05, 3.63) is 65.2 Å². The summed E-state index contributed by atoms with van der Waals surface area (Å²) in [7, 11) is 0. The Hall–Kier alpha value is -3.19. The van der Waals surface area contributed by atoms with Gasteiger partial charge in [-0.2, -0.15) is 0 Å². The van der Waals surface area contributed by atoms with Gasteiger partial charge in [0.15, 0.2) is 0 Å². The lowest BCUT2D eigenvalue weighted by atomic mass is 10.1. The molecule has 2 aromatic carbocycles. The Labute approximate surface area is 189 Å². The monoisotopic (exact) mass is 434 g/mol. The fourth-order valence-electron chi connectivity index (χ4n) is 4.33. The van der Waals surface area contributed by atoms with Crippen LogP contribution in [0.3, 0.4) is 0 Å². The molecule has 7 nitrogen and oxygen atoms in total. The summed E-state index contributed by atoms with van der Waals surface area (Å²) in [6, 6.07) is 15.4. The van der Waals surface area contributed by atoms with Crippen LogP contribution in [0.15, 0.2) is 48.5 Å². The van der Waals surface area contributed by atoms with Gasteiger partial charge in [0.25, 0.3) is 11.8 Å². The number of nitrogens with zero attached hydrogens (tertiary/aromatic N) is 3. The molecule has 32 heavy (non-hydrogen) atoms. The quantitative estimate of drug-likeness (QED) is 0.510. The number of imide groups is 1. The van der Waals surface area contributed by atoms with Crippen LogP contribution in [0.2, 0.25) is 0 Å². The minimum atomic E-state index is -0.316. The third-order valence-electron chi connectivity index (χ3n) is 6.15. The Morgan fingerprint density at radius 3 is 2.25 bits per heavy atom. The molecule has 0 atom stereocenters. The van der Waals surface area contributed by atoms with Crippen LogP contribution in [0.25, 0.3) is 0 Å². The number of hydrogen-bond acceptors (Lipinski definition) is 5. The minimum absolute atomic E-state index is 0.110. The molecule has 3 amide bonds. The molecule has 2 aromatic rings. The Morgan fingerprint density at radius 1 is 0.906 bits per heavy atom. The number of nitrogens with one attached hydrogen (secondary N) is 1. The highest BCUT2D eigenvalue weighted by Crippen LogP contribution is 2.22. The number of aryl methyl sites for hydroxylation is 1. The van der Waals surface area contributed by atoms with Gasteiger partial charge in [-0.1, -0.05) is 24.3 Å². The summed E-state index contributed by atoms with van der Waals surface area (Å²) < 4.78 is 0. The molecule has 2 aliphatic heterocycles. The first kappa shape index (κ1) is 22.0. The van der Waals surface area contributed by atoms with Crippen LogP contribution in [-0.2, 0) is 4.79 Å². The maximum atomic E-state index is 12.3. The van der Waals surface area contributed by atoms with Gasteiger partial charge in [-0.3, -0.25) is 24.2 Å². The molecule has 0 saturated carbocycles. The lowest BCUT2D eigenvalue weighted by molar-refractivity contribution is -0.121. The van der Waals surface area contributed by atoms with Crippen molar-refractivity contribution in [2.75, 3.05) is 50.7 Å². The summed E-state index contributed by atoms with van der Waals surface area (Å²) in [6.45, 7) is 7.82. The zero-order chi connectivity index (χ0) is 22.5.